The van der Waals surface area contributed by atoms with E-state index in [9.17, 15) is 14.0 Å². The Morgan fingerprint density at radius 2 is 2.13 bits per heavy atom. The van der Waals surface area contributed by atoms with E-state index in [0.29, 0.717) is 18.5 Å². The van der Waals surface area contributed by atoms with Gasteiger partial charge >= 0.3 is 6.09 Å². The Balaban J connectivity index is 1.53. The Kier molecular flexibility index (Phi) is 4.41. The summed E-state index contributed by atoms with van der Waals surface area (Å²) >= 11 is 0. The fourth-order valence-electron chi connectivity index (χ4n) is 5.03. The van der Waals surface area contributed by atoms with Crippen molar-refractivity contribution in [2.24, 2.45) is 23.5 Å². The van der Waals surface area contributed by atoms with E-state index >= 15 is 0 Å². The molecular weight excluding hydrogens is 391 g/mol. The number of cyclic esters (lactones) is 1. The van der Waals surface area contributed by atoms with Crippen LogP contribution in [0.3, 0.4) is 0 Å². The number of fused-ring (bicyclic) bond motifs is 5. The number of hydrogen-bond acceptors (Lipinski definition) is 7. The summed E-state index contributed by atoms with van der Waals surface area (Å²) in [6.07, 6.45) is 1.88. The van der Waals surface area contributed by atoms with E-state index in [2.05, 4.69) is 25.9 Å². The van der Waals surface area contributed by atoms with Gasteiger partial charge in [0.15, 0.2) is 11.6 Å². The van der Waals surface area contributed by atoms with Gasteiger partial charge in [-0.3, -0.25) is 4.79 Å². The number of aromatic nitrogens is 2. The SMILES string of the molecule is NC(=O)[C@H]1[C@@H]2C[C@H]3[C@H]1Nc1nc(ncc1F)Nc1cccc(c1)COC(=O)N[C@@H]3C2. The Morgan fingerprint density at radius 3 is 2.97 bits per heavy atom. The molecule has 3 aliphatic rings. The number of primary amides is 1. The molecule has 0 radical (unpaired) electrons. The van der Waals surface area contributed by atoms with Crippen LogP contribution in [0.4, 0.5) is 26.6 Å². The van der Waals surface area contributed by atoms with Crippen LogP contribution in [0.5, 0.6) is 0 Å². The van der Waals surface area contributed by atoms with Crippen LogP contribution in [0.15, 0.2) is 30.5 Å². The molecule has 1 aromatic heterocycles. The summed E-state index contributed by atoms with van der Waals surface area (Å²) in [4.78, 5) is 32.7. The van der Waals surface area contributed by atoms with E-state index in [1.165, 1.54) is 0 Å². The Morgan fingerprint density at radius 1 is 1.27 bits per heavy atom. The smallest absolute Gasteiger partial charge is 0.407 e. The first-order chi connectivity index (χ1) is 14.5. The molecule has 2 heterocycles. The third kappa shape index (κ3) is 3.27. The third-order valence-electron chi connectivity index (χ3n) is 6.24. The lowest BCUT2D eigenvalue weighted by atomic mass is 9.81. The molecule has 0 spiro atoms. The number of nitrogens with one attached hydrogen (secondary N) is 3. The predicted octanol–water partition coefficient (Wildman–Crippen LogP) is 1.89. The molecule has 6 bridgehead atoms. The van der Waals surface area contributed by atoms with Crippen LogP contribution in [-0.2, 0) is 16.1 Å². The van der Waals surface area contributed by atoms with Gasteiger partial charge in [-0.2, -0.15) is 4.98 Å². The summed E-state index contributed by atoms with van der Waals surface area (Å²) in [5.41, 5.74) is 7.10. The van der Waals surface area contributed by atoms with Crippen molar-refractivity contribution >= 4 is 29.5 Å². The third-order valence-corrected chi connectivity index (χ3v) is 6.24. The van der Waals surface area contributed by atoms with Crippen molar-refractivity contribution in [1.82, 2.24) is 15.3 Å². The minimum Gasteiger partial charge on any atom is -0.445 e. The summed E-state index contributed by atoms with van der Waals surface area (Å²) < 4.78 is 19.9. The highest BCUT2D eigenvalue weighted by Gasteiger charge is 2.55. The summed E-state index contributed by atoms with van der Waals surface area (Å²) in [5, 5.41) is 9.00. The first-order valence-electron chi connectivity index (χ1n) is 9.85. The molecule has 0 saturated heterocycles. The van der Waals surface area contributed by atoms with Crippen molar-refractivity contribution in [2.45, 2.75) is 31.5 Å². The number of hydrogen-bond donors (Lipinski definition) is 4. The van der Waals surface area contributed by atoms with Crippen LogP contribution in [0.2, 0.25) is 0 Å². The number of nitrogens with zero attached hydrogens (tertiary/aromatic N) is 2. The fourth-order valence-corrected chi connectivity index (χ4v) is 5.03. The van der Waals surface area contributed by atoms with Gasteiger partial charge < -0.3 is 26.4 Å². The van der Waals surface area contributed by atoms with Gasteiger partial charge in [-0.1, -0.05) is 12.1 Å². The molecule has 9 nitrogen and oxygen atoms in total. The van der Waals surface area contributed by atoms with Gasteiger partial charge in [0.1, 0.15) is 6.61 Å². The fraction of sp³-hybridized carbons (Fsp3) is 0.400. The molecule has 1 aromatic carbocycles. The Bertz CT molecular complexity index is 1020. The topological polar surface area (TPSA) is 131 Å². The second-order valence-corrected chi connectivity index (χ2v) is 8.04. The predicted molar refractivity (Wildman–Crippen MR) is 105 cm³/mol. The highest BCUT2D eigenvalue weighted by molar-refractivity contribution is 5.79. The molecule has 5 N–H and O–H groups in total. The maximum atomic E-state index is 14.5. The summed E-state index contributed by atoms with van der Waals surface area (Å²) in [7, 11) is 0. The van der Waals surface area contributed by atoms with Crippen LogP contribution >= 0.6 is 0 Å². The summed E-state index contributed by atoms with van der Waals surface area (Å²) in [6.45, 7) is 0.100. The summed E-state index contributed by atoms with van der Waals surface area (Å²) in [5.74, 6) is -1.45. The van der Waals surface area contributed by atoms with Crippen LogP contribution in [0.25, 0.3) is 0 Å². The minimum absolute atomic E-state index is 0.00323. The molecule has 2 fully saturated rings. The second kappa shape index (κ2) is 7.12. The zero-order valence-corrected chi connectivity index (χ0v) is 16.0. The highest BCUT2D eigenvalue weighted by atomic mass is 19.1. The molecule has 2 amide bonds. The van der Waals surface area contributed by atoms with E-state index in [1.807, 2.05) is 6.07 Å². The molecule has 2 aliphatic carbocycles. The molecule has 2 aromatic rings. The van der Waals surface area contributed by atoms with Gasteiger partial charge in [-0.15, -0.1) is 0 Å². The number of carbonyl (C=O) groups excluding carboxylic acids is 2. The first-order valence-corrected chi connectivity index (χ1v) is 9.85. The lowest BCUT2D eigenvalue weighted by Crippen LogP contribution is -2.51. The lowest BCUT2D eigenvalue weighted by molar-refractivity contribution is -0.123. The van der Waals surface area contributed by atoms with E-state index in [4.69, 9.17) is 10.5 Å². The van der Waals surface area contributed by atoms with Gasteiger partial charge in [0, 0.05) is 23.7 Å². The number of carbonyl (C=O) groups is 2. The van der Waals surface area contributed by atoms with Crippen molar-refractivity contribution in [3.8, 4) is 0 Å². The molecule has 0 unspecified atom stereocenters. The maximum absolute atomic E-state index is 14.5. The molecule has 10 heteroatoms. The highest BCUT2D eigenvalue weighted by Crippen LogP contribution is 2.49. The van der Waals surface area contributed by atoms with Gasteiger partial charge in [0.2, 0.25) is 11.9 Å². The quantitative estimate of drug-likeness (QED) is 0.562. The van der Waals surface area contributed by atoms with E-state index in [-0.39, 0.29) is 36.3 Å². The second-order valence-electron chi connectivity index (χ2n) is 8.04. The van der Waals surface area contributed by atoms with Gasteiger partial charge in [0.05, 0.1) is 12.1 Å². The monoisotopic (exact) mass is 412 g/mol. The van der Waals surface area contributed by atoms with Crippen LogP contribution < -0.4 is 21.7 Å². The first kappa shape index (κ1) is 18.6. The molecule has 30 heavy (non-hydrogen) atoms. The van der Waals surface area contributed by atoms with Crippen molar-refractivity contribution in [3.63, 3.8) is 0 Å². The molecule has 5 rings (SSSR count). The zero-order valence-electron chi connectivity index (χ0n) is 16.0. The van der Waals surface area contributed by atoms with Gasteiger partial charge in [-0.25, -0.2) is 14.2 Å². The van der Waals surface area contributed by atoms with Crippen molar-refractivity contribution in [2.75, 3.05) is 10.6 Å². The number of amides is 2. The van der Waals surface area contributed by atoms with Gasteiger partial charge in [0.25, 0.3) is 0 Å². The number of rotatable bonds is 1. The normalized spacial score (nSPS) is 29.5. The minimum atomic E-state index is -0.631. The summed E-state index contributed by atoms with van der Waals surface area (Å²) in [6, 6.07) is 6.58. The maximum Gasteiger partial charge on any atom is 0.407 e. The number of anilines is 3. The van der Waals surface area contributed by atoms with Crippen molar-refractivity contribution in [3.05, 3.63) is 41.8 Å². The standard InChI is InChI=1S/C20H21FN6O3/c21-13-7-23-19-24-11-3-1-2-9(4-11)8-30-20(29)25-14-6-10-5-12(14)16(15(10)17(22)28)26-18(13)27-19/h1-4,7,10,12,14-16H,5-6,8H2,(H2,22,28)(H,25,29)(H2,23,24,26,27)/t10-,12-,14-,15+,16-/m1/s1. The zero-order chi connectivity index (χ0) is 20.8. The average molecular weight is 412 g/mol. The Hall–Kier alpha value is -3.43. The number of nitrogens with two attached hydrogens (primary N) is 1. The Labute approximate surface area is 171 Å². The number of halogens is 1. The van der Waals surface area contributed by atoms with Crippen molar-refractivity contribution in [1.29, 1.82) is 0 Å². The van der Waals surface area contributed by atoms with E-state index in [1.54, 1.807) is 18.2 Å². The average Bonchev–Trinajstić information content (AvgIpc) is 3.26. The number of benzene rings is 1. The van der Waals surface area contributed by atoms with Crippen LogP contribution in [0, 0.1) is 23.6 Å². The van der Waals surface area contributed by atoms with Crippen LogP contribution in [0.1, 0.15) is 18.4 Å². The van der Waals surface area contributed by atoms with E-state index < -0.39 is 29.8 Å². The molecule has 5 atom stereocenters. The number of ether oxygens (including phenoxy) is 1. The molecule has 2 saturated carbocycles. The molecule has 1 aliphatic heterocycles. The largest absolute Gasteiger partial charge is 0.445 e. The van der Waals surface area contributed by atoms with Gasteiger partial charge in [-0.05, 0) is 36.5 Å². The molecular formula is C20H21FN6O3. The van der Waals surface area contributed by atoms with Crippen LogP contribution in [-0.4, -0.2) is 34.1 Å². The molecule has 156 valence electrons. The van der Waals surface area contributed by atoms with Crippen molar-refractivity contribution < 1.29 is 18.7 Å². The van der Waals surface area contributed by atoms with E-state index in [0.717, 1.165) is 11.8 Å². The number of alkyl carbamates (subject to hydrolysis) is 1. The lowest BCUT2D eigenvalue weighted by Gasteiger charge is -2.35.